The van der Waals surface area contributed by atoms with Crippen molar-refractivity contribution >= 4 is 34.7 Å². The zero-order valence-corrected chi connectivity index (χ0v) is 13.0. The zero-order valence-electron chi connectivity index (χ0n) is 11.4. The molecule has 0 aliphatic rings. The van der Waals surface area contributed by atoms with E-state index in [9.17, 15) is 4.79 Å². The van der Waals surface area contributed by atoms with Gasteiger partial charge in [-0.15, -0.1) is 11.3 Å². The number of halogens is 1. The second kappa shape index (κ2) is 6.19. The second-order valence-electron chi connectivity index (χ2n) is 4.28. The van der Waals surface area contributed by atoms with Crippen LogP contribution in [0.3, 0.4) is 0 Å². The Bertz CT molecular complexity index is 629. The van der Waals surface area contributed by atoms with Gasteiger partial charge in [0.05, 0.1) is 11.1 Å². The van der Waals surface area contributed by atoms with Crippen LogP contribution in [0.1, 0.15) is 33.3 Å². The number of pyridine rings is 1. The Kier molecular flexibility index (Phi) is 4.57. The fourth-order valence-electron chi connectivity index (χ4n) is 1.64. The van der Waals surface area contributed by atoms with Crippen molar-refractivity contribution in [3.63, 3.8) is 0 Å². The largest absolute Gasteiger partial charge is 0.373 e. The van der Waals surface area contributed by atoms with E-state index in [2.05, 4.69) is 20.6 Å². The smallest absolute Gasteiger partial charge is 0.272 e. The lowest BCUT2D eigenvalue weighted by Crippen LogP contribution is -2.27. The molecule has 2 heterocycles. The molecule has 2 N–H and O–H groups in total. The van der Waals surface area contributed by atoms with Gasteiger partial charge in [-0.25, -0.2) is 9.97 Å². The first-order valence-electron chi connectivity index (χ1n) is 6.08. The molecule has 0 saturated carbocycles. The number of hydrogen-bond acceptors (Lipinski definition) is 5. The number of hydrogen-bond donors (Lipinski definition) is 2. The summed E-state index contributed by atoms with van der Waals surface area (Å²) >= 11 is 7.57. The Morgan fingerprint density at radius 1 is 1.45 bits per heavy atom. The number of carbonyl (C=O) groups is 1. The van der Waals surface area contributed by atoms with Crippen LogP contribution in [0.2, 0.25) is 5.02 Å². The summed E-state index contributed by atoms with van der Waals surface area (Å²) in [6.45, 7) is 3.86. The Morgan fingerprint density at radius 2 is 2.20 bits per heavy atom. The number of nitrogens with one attached hydrogen (secondary N) is 2. The van der Waals surface area contributed by atoms with Crippen molar-refractivity contribution in [2.45, 2.75) is 19.9 Å². The highest BCUT2D eigenvalue weighted by atomic mass is 35.5. The summed E-state index contributed by atoms with van der Waals surface area (Å²) in [6, 6.07) is 3.18. The van der Waals surface area contributed by atoms with Gasteiger partial charge in [-0.05, 0) is 26.0 Å². The molecule has 0 spiro atoms. The van der Waals surface area contributed by atoms with Gasteiger partial charge in [0.1, 0.15) is 16.5 Å². The molecule has 0 bridgehead atoms. The summed E-state index contributed by atoms with van der Waals surface area (Å²) in [7, 11) is 1.74. The summed E-state index contributed by atoms with van der Waals surface area (Å²) in [5.41, 5.74) is 0.207. The Balaban J connectivity index is 2.15. The van der Waals surface area contributed by atoms with Crippen LogP contribution < -0.4 is 10.6 Å². The summed E-state index contributed by atoms with van der Waals surface area (Å²) < 4.78 is 0. The number of anilines is 1. The Labute approximate surface area is 126 Å². The molecule has 1 atom stereocenters. The molecule has 2 aromatic rings. The average Bonchev–Trinajstić information content (AvgIpc) is 2.86. The molecule has 106 valence electrons. The van der Waals surface area contributed by atoms with Gasteiger partial charge in [0, 0.05) is 18.1 Å². The maximum atomic E-state index is 12.2. The van der Waals surface area contributed by atoms with Gasteiger partial charge in [-0.1, -0.05) is 11.6 Å². The fourth-order valence-corrected chi connectivity index (χ4v) is 2.61. The van der Waals surface area contributed by atoms with Gasteiger partial charge >= 0.3 is 0 Å². The predicted molar refractivity (Wildman–Crippen MR) is 81.5 cm³/mol. The maximum absolute atomic E-state index is 12.2. The van der Waals surface area contributed by atoms with E-state index in [1.165, 1.54) is 0 Å². The van der Waals surface area contributed by atoms with Crippen LogP contribution in [0, 0.1) is 6.92 Å². The van der Waals surface area contributed by atoms with Crippen LogP contribution in [0.15, 0.2) is 18.3 Å². The third kappa shape index (κ3) is 3.26. The molecular weight excluding hydrogens is 296 g/mol. The van der Waals surface area contributed by atoms with Crippen LogP contribution in [0.5, 0.6) is 0 Å². The molecule has 2 aromatic heterocycles. The van der Waals surface area contributed by atoms with Crippen LogP contribution in [-0.2, 0) is 0 Å². The molecular formula is C13H15ClN4OS. The normalized spacial score (nSPS) is 12.0. The number of aromatic nitrogens is 2. The van der Waals surface area contributed by atoms with Gasteiger partial charge < -0.3 is 10.6 Å². The summed E-state index contributed by atoms with van der Waals surface area (Å²) in [4.78, 5) is 21.7. The van der Waals surface area contributed by atoms with Gasteiger partial charge in [0.25, 0.3) is 5.91 Å². The second-order valence-corrected chi connectivity index (χ2v) is 5.95. The molecule has 1 amide bonds. The van der Waals surface area contributed by atoms with Crippen LogP contribution in [0.25, 0.3) is 0 Å². The number of thiazole rings is 1. The van der Waals surface area contributed by atoms with E-state index in [4.69, 9.17) is 11.6 Å². The average molecular weight is 311 g/mol. The van der Waals surface area contributed by atoms with Gasteiger partial charge in [0.2, 0.25) is 0 Å². The Hall–Kier alpha value is -1.66. The molecule has 2 rings (SSSR count). The van der Waals surface area contributed by atoms with E-state index in [0.29, 0.717) is 10.8 Å². The van der Waals surface area contributed by atoms with Crippen molar-refractivity contribution < 1.29 is 4.79 Å². The predicted octanol–water partition coefficient (Wildman–Crippen LogP) is 3.03. The molecule has 1 unspecified atom stereocenters. The van der Waals surface area contributed by atoms with Gasteiger partial charge in [0.15, 0.2) is 0 Å². The van der Waals surface area contributed by atoms with Crippen LogP contribution >= 0.6 is 22.9 Å². The molecule has 20 heavy (non-hydrogen) atoms. The number of nitrogens with zero attached hydrogens (tertiary/aromatic N) is 2. The lowest BCUT2D eigenvalue weighted by molar-refractivity contribution is 0.0935. The fraction of sp³-hybridized carbons (Fsp3) is 0.308. The van der Waals surface area contributed by atoms with Crippen molar-refractivity contribution in [1.82, 2.24) is 15.3 Å². The first-order chi connectivity index (χ1) is 9.51. The first-order valence-corrected chi connectivity index (χ1v) is 7.28. The quantitative estimate of drug-likeness (QED) is 0.911. The van der Waals surface area contributed by atoms with Crippen molar-refractivity contribution in [1.29, 1.82) is 0 Å². The summed E-state index contributed by atoms with van der Waals surface area (Å²) in [5.74, 6) is 0.282. The number of amides is 1. The van der Waals surface area contributed by atoms with E-state index in [-0.39, 0.29) is 17.6 Å². The molecule has 0 aromatic carbocycles. The highest BCUT2D eigenvalue weighted by Gasteiger charge is 2.17. The first kappa shape index (κ1) is 14.7. The third-order valence-electron chi connectivity index (χ3n) is 2.67. The topological polar surface area (TPSA) is 66.9 Å². The molecule has 0 aliphatic heterocycles. The Morgan fingerprint density at radius 3 is 2.80 bits per heavy atom. The minimum atomic E-state index is -0.313. The van der Waals surface area contributed by atoms with Crippen molar-refractivity contribution in [3.8, 4) is 0 Å². The summed E-state index contributed by atoms with van der Waals surface area (Å²) in [5, 5.41) is 6.91. The lowest BCUT2D eigenvalue weighted by Gasteiger charge is -2.12. The summed E-state index contributed by atoms with van der Waals surface area (Å²) in [6.07, 6.45) is 1.79. The zero-order chi connectivity index (χ0) is 14.7. The van der Waals surface area contributed by atoms with Gasteiger partial charge in [-0.3, -0.25) is 4.79 Å². The minimum Gasteiger partial charge on any atom is -0.373 e. The standard InChI is InChI=1S/C13H15ClN4OS/c1-7-6-16-13(20-7)8(2)17-12(19)11-9(14)4-5-10(15-3)18-11/h4-6,8H,1-3H3,(H,15,18)(H,17,19). The van der Waals surface area contributed by atoms with Crippen LogP contribution in [0.4, 0.5) is 5.82 Å². The van der Waals surface area contributed by atoms with E-state index in [1.54, 1.807) is 36.7 Å². The minimum absolute atomic E-state index is 0.183. The highest BCUT2D eigenvalue weighted by molar-refractivity contribution is 7.11. The number of carbonyl (C=O) groups excluding carboxylic acids is 1. The van der Waals surface area contributed by atoms with E-state index < -0.39 is 0 Å². The maximum Gasteiger partial charge on any atom is 0.272 e. The molecule has 0 fully saturated rings. The SMILES string of the molecule is CNc1ccc(Cl)c(C(=O)NC(C)c2ncc(C)s2)n1. The molecule has 5 nitrogen and oxygen atoms in total. The third-order valence-corrected chi connectivity index (χ3v) is 4.07. The van der Waals surface area contributed by atoms with Crippen molar-refractivity contribution in [2.24, 2.45) is 0 Å². The molecule has 0 aliphatic carbocycles. The van der Waals surface area contributed by atoms with Crippen molar-refractivity contribution in [2.75, 3.05) is 12.4 Å². The monoisotopic (exact) mass is 310 g/mol. The molecule has 0 saturated heterocycles. The van der Waals surface area contributed by atoms with Gasteiger partial charge in [-0.2, -0.15) is 0 Å². The number of rotatable bonds is 4. The lowest BCUT2D eigenvalue weighted by atomic mass is 10.3. The molecule has 0 radical (unpaired) electrons. The van der Waals surface area contributed by atoms with E-state index in [1.807, 2.05) is 13.8 Å². The highest BCUT2D eigenvalue weighted by Crippen LogP contribution is 2.21. The van der Waals surface area contributed by atoms with Crippen LogP contribution in [-0.4, -0.2) is 22.9 Å². The number of aryl methyl sites for hydroxylation is 1. The van der Waals surface area contributed by atoms with Crippen molar-refractivity contribution in [3.05, 3.63) is 38.9 Å². The molecule has 7 heteroatoms. The van der Waals surface area contributed by atoms with E-state index in [0.717, 1.165) is 9.88 Å². The van der Waals surface area contributed by atoms with E-state index >= 15 is 0 Å².